The summed E-state index contributed by atoms with van der Waals surface area (Å²) in [6, 6.07) is 12.7. The Morgan fingerprint density at radius 1 is 1.27 bits per heavy atom. The number of benzene rings is 2. The lowest BCUT2D eigenvalue weighted by molar-refractivity contribution is -0.166. The third kappa shape index (κ3) is 3.70. The molecule has 2 aromatic rings. The number of halogens is 2. The quantitative estimate of drug-likeness (QED) is 0.761. The molecule has 0 radical (unpaired) electrons. The Balaban J connectivity index is 1.79. The molecule has 0 saturated heterocycles. The highest BCUT2D eigenvalue weighted by molar-refractivity contribution is 5.81. The van der Waals surface area contributed by atoms with Gasteiger partial charge in [0, 0.05) is 12.3 Å². The van der Waals surface area contributed by atoms with Crippen LogP contribution in [0.15, 0.2) is 48.5 Å². The summed E-state index contributed by atoms with van der Waals surface area (Å²) < 4.78 is 39.2. The number of rotatable bonds is 7. The molecular formula is C20H20F2O4. The number of carbonyl (C=O) groups is 1. The van der Waals surface area contributed by atoms with Crippen LogP contribution >= 0.6 is 0 Å². The SMILES string of the molecule is COC(=O)C(F)(C(O)Cc1ccc(F)c(Oc2ccccc2)c1)C1CC1. The lowest BCUT2D eigenvalue weighted by Gasteiger charge is -2.28. The van der Waals surface area contributed by atoms with E-state index in [0.29, 0.717) is 24.2 Å². The van der Waals surface area contributed by atoms with Gasteiger partial charge in [-0.1, -0.05) is 24.3 Å². The number of alkyl halides is 1. The molecule has 0 spiro atoms. The number of methoxy groups -OCH3 is 1. The molecule has 138 valence electrons. The number of hydrogen-bond donors (Lipinski definition) is 1. The van der Waals surface area contributed by atoms with Crippen molar-refractivity contribution in [3.8, 4) is 11.5 Å². The molecule has 1 aliphatic carbocycles. The summed E-state index contributed by atoms with van der Waals surface area (Å²) in [6.45, 7) is 0. The third-order valence-corrected chi connectivity index (χ3v) is 4.55. The third-order valence-electron chi connectivity index (χ3n) is 4.55. The summed E-state index contributed by atoms with van der Waals surface area (Å²) in [5.41, 5.74) is -2.00. The Hall–Kier alpha value is -2.47. The van der Waals surface area contributed by atoms with Crippen molar-refractivity contribution < 1.29 is 28.2 Å². The van der Waals surface area contributed by atoms with Crippen LogP contribution in [0.5, 0.6) is 11.5 Å². The molecule has 0 heterocycles. The lowest BCUT2D eigenvalue weighted by atomic mass is 9.88. The number of para-hydroxylation sites is 1. The Kier molecular flexibility index (Phi) is 5.23. The van der Waals surface area contributed by atoms with Crippen molar-refractivity contribution in [2.24, 2.45) is 5.92 Å². The lowest BCUT2D eigenvalue weighted by Crippen LogP contribution is -2.49. The van der Waals surface area contributed by atoms with Crippen molar-refractivity contribution >= 4 is 5.97 Å². The first-order valence-corrected chi connectivity index (χ1v) is 8.42. The Bertz CT molecular complexity index is 777. The van der Waals surface area contributed by atoms with Gasteiger partial charge in [0.15, 0.2) is 11.6 Å². The number of ether oxygens (including phenoxy) is 2. The summed E-state index contributed by atoms with van der Waals surface area (Å²) in [7, 11) is 1.09. The highest BCUT2D eigenvalue weighted by atomic mass is 19.1. The van der Waals surface area contributed by atoms with Gasteiger partial charge in [0.1, 0.15) is 11.9 Å². The van der Waals surface area contributed by atoms with Gasteiger partial charge in [-0.2, -0.15) is 0 Å². The molecule has 6 heteroatoms. The minimum Gasteiger partial charge on any atom is -0.467 e. The molecule has 1 N–H and O–H groups in total. The Labute approximate surface area is 150 Å². The maximum absolute atomic E-state index is 15.1. The van der Waals surface area contributed by atoms with E-state index in [1.54, 1.807) is 24.3 Å². The van der Waals surface area contributed by atoms with Gasteiger partial charge in [-0.15, -0.1) is 0 Å². The molecular weight excluding hydrogens is 342 g/mol. The van der Waals surface area contributed by atoms with Gasteiger partial charge < -0.3 is 14.6 Å². The van der Waals surface area contributed by atoms with Crippen LogP contribution in [0.2, 0.25) is 0 Å². The zero-order valence-corrected chi connectivity index (χ0v) is 14.3. The summed E-state index contributed by atoms with van der Waals surface area (Å²) >= 11 is 0. The highest BCUT2D eigenvalue weighted by Crippen LogP contribution is 2.45. The molecule has 4 nitrogen and oxygen atoms in total. The van der Waals surface area contributed by atoms with Gasteiger partial charge in [-0.05, 0) is 42.7 Å². The van der Waals surface area contributed by atoms with Crippen LogP contribution in [0.3, 0.4) is 0 Å². The van der Waals surface area contributed by atoms with Crippen LogP contribution in [-0.2, 0) is 16.0 Å². The normalized spacial score (nSPS) is 17.2. The van der Waals surface area contributed by atoms with E-state index < -0.39 is 29.5 Å². The number of aliphatic hydroxyl groups is 1. The fraction of sp³-hybridized carbons (Fsp3) is 0.350. The fourth-order valence-electron chi connectivity index (χ4n) is 2.97. The molecule has 1 saturated carbocycles. The van der Waals surface area contributed by atoms with Crippen molar-refractivity contribution in [3.63, 3.8) is 0 Å². The van der Waals surface area contributed by atoms with E-state index >= 15 is 4.39 Å². The van der Waals surface area contributed by atoms with Crippen LogP contribution in [0.4, 0.5) is 8.78 Å². The van der Waals surface area contributed by atoms with E-state index in [9.17, 15) is 14.3 Å². The molecule has 1 fully saturated rings. The molecule has 2 aromatic carbocycles. The van der Waals surface area contributed by atoms with Crippen molar-refractivity contribution in [2.45, 2.75) is 31.0 Å². The maximum atomic E-state index is 15.1. The first-order chi connectivity index (χ1) is 12.4. The number of esters is 1. The zero-order valence-electron chi connectivity index (χ0n) is 14.3. The molecule has 3 rings (SSSR count). The average molecular weight is 362 g/mol. The Morgan fingerprint density at radius 2 is 1.96 bits per heavy atom. The Morgan fingerprint density at radius 3 is 2.58 bits per heavy atom. The molecule has 0 bridgehead atoms. The molecule has 26 heavy (non-hydrogen) atoms. The van der Waals surface area contributed by atoms with Gasteiger partial charge in [0.25, 0.3) is 0 Å². The predicted octanol–water partition coefficient (Wildman–Crippen LogP) is 3.81. The summed E-state index contributed by atoms with van der Waals surface area (Å²) in [6.07, 6.45) is -0.700. The van der Waals surface area contributed by atoms with Crippen LogP contribution in [0, 0.1) is 11.7 Å². The first kappa shape index (κ1) is 18.3. The van der Waals surface area contributed by atoms with E-state index in [4.69, 9.17) is 4.74 Å². The second-order valence-electron chi connectivity index (χ2n) is 6.43. The van der Waals surface area contributed by atoms with Gasteiger partial charge >= 0.3 is 5.97 Å². The smallest absolute Gasteiger partial charge is 0.346 e. The van der Waals surface area contributed by atoms with Crippen LogP contribution in [0.25, 0.3) is 0 Å². The zero-order chi connectivity index (χ0) is 18.7. The van der Waals surface area contributed by atoms with Crippen LogP contribution in [-0.4, -0.2) is 30.0 Å². The second kappa shape index (κ2) is 7.41. The van der Waals surface area contributed by atoms with Crippen LogP contribution < -0.4 is 4.74 Å². The van der Waals surface area contributed by atoms with E-state index in [-0.39, 0.29) is 12.2 Å². The summed E-state index contributed by atoms with van der Waals surface area (Å²) in [5.74, 6) is -1.78. The molecule has 1 aliphatic rings. The standard InChI is InChI=1S/C20H20F2O4/c1-25-19(24)20(22,14-8-9-14)18(23)12-13-7-10-16(21)17(11-13)26-15-5-3-2-4-6-15/h2-7,10-11,14,18,23H,8-9,12H2,1H3. The van der Waals surface area contributed by atoms with Gasteiger partial charge in [-0.25, -0.2) is 13.6 Å². The fourth-order valence-corrected chi connectivity index (χ4v) is 2.97. The molecule has 2 atom stereocenters. The molecule has 0 aromatic heterocycles. The second-order valence-corrected chi connectivity index (χ2v) is 6.43. The van der Waals surface area contributed by atoms with Gasteiger partial charge in [0.2, 0.25) is 5.67 Å². The molecule has 0 aliphatic heterocycles. The minimum absolute atomic E-state index is 0.0325. The minimum atomic E-state index is -2.45. The summed E-state index contributed by atoms with van der Waals surface area (Å²) in [4.78, 5) is 11.9. The van der Waals surface area contributed by atoms with Gasteiger partial charge in [0.05, 0.1) is 7.11 Å². The largest absolute Gasteiger partial charge is 0.467 e. The van der Waals surface area contributed by atoms with Crippen LogP contribution in [0.1, 0.15) is 18.4 Å². The summed E-state index contributed by atoms with van der Waals surface area (Å²) in [5, 5.41) is 10.4. The van der Waals surface area contributed by atoms with Crippen molar-refractivity contribution in [1.82, 2.24) is 0 Å². The van der Waals surface area contributed by atoms with E-state index in [2.05, 4.69) is 4.74 Å². The highest BCUT2D eigenvalue weighted by Gasteiger charge is 2.57. The van der Waals surface area contributed by atoms with Gasteiger partial charge in [-0.3, -0.25) is 0 Å². The topological polar surface area (TPSA) is 55.8 Å². The average Bonchev–Trinajstić information content (AvgIpc) is 3.49. The first-order valence-electron chi connectivity index (χ1n) is 8.42. The van der Waals surface area contributed by atoms with E-state index in [0.717, 1.165) is 7.11 Å². The number of carbonyl (C=O) groups excluding carboxylic acids is 1. The van der Waals surface area contributed by atoms with Crippen molar-refractivity contribution in [3.05, 3.63) is 59.9 Å². The van der Waals surface area contributed by atoms with E-state index in [1.807, 2.05) is 6.07 Å². The van der Waals surface area contributed by atoms with E-state index in [1.165, 1.54) is 18.2 Å². The molecule has 0 amide bonds. The molecule has 2 unspecified atom stereocenters. The number of hydrogen-bond acceptors (Lipinski definition) is 4. The van der Waals surface area contributed by atoms with Crippen molar-refractivity contribution in [2.75, 3.05) is 7.11 Å². The number of aliphatic hydroxyl groups excluding tert-OH is 1. The monoisotopic (exact) mass is 362 g/mol. The maximum Gasteiger partial charge on any atom is 0.346 e. The van der Waals surface area contributed by atoms with Crippen molar-refractivity contribution in [1.29, 1.82) is 0 Å². The predicted molar refractivity (Wildman–Crippen MR) is 91.2 cm³/mol.